The summed E-state index contributed by atoms with van der Waals surface area (Å²) in [5.74, 6) is 0.564. The molecule has 1 rings (SSSR count). The second-order valence-corrected chi connectivity index (χ2v) is 3.52. The van der Waals surface area contributed by atoms with E-state index in [4.69, 9.17) is 4.74 Å². The van der Waals surface area contributed by atoms with Crippen molar-refractivity contribution in [1.82, 2.24) is 10.2 Å². The molecule has 0 aliphatic carbocycles. The summed E-state index contributed by atoms with van der Waals surface area (Å²) < 4.78 is 5.02. The third kappa shape index (κ3) is 3.99. The highest BCUT2D eigenvalue weighted by Gasteiger charge is 2.02. The lowest BCUT2D eigenvalue weighted by Crippen LogP contribution is -2.22. The van der Waals surface area contributed by atoms with Crippen molar-refractivity contribution in [3.63, 3.8) is 0 Å². The van der Waals surface area contributed by atoms with Crippen LogP contribution in [0.5, 0.6) is 5.75 Å². The van der Waals surface area contributed by atoms with Gasteiger partial charge in [0.1, 0.15) is 5.75 Å². The zero-order valence-corrected chi connectivity index (χ0v) is 9.28. The highest BCUT2D eigenvalue weighted by atomic mass is 16.5. The van der Waals surface area contributed by atoms with Crippen LogP contribution in [0.2, 0.25) is 0 Å². The number of carbonyl (C=O) groups excluding carboxylic acids is 1. The Bertz CT molecular complexity index is 337. The maximum absolute atomic E-state index is 11.0. The average Bonchev–Trinajstić information content (AvgIpc) is 2.17. The molecule has 0 radical (unpaired) electrons. The first kappa shape index (κ1) is 11.5. The summed E-state index contributed by atoms with van der Waals surface area (Å²) in [7, 11) is 5.52. The lowest BCUT2D eigenvalue weighted by Gasteiger charge is -2.10. The van der Waals surface area contributed by atoms with E-state index in [0.717, 1.165) is 12.1 Å². The fourth-order valence-electron chi connectivity index (χ4n) is 1.23. The van der Waals surface area contributed by atoms with E-state index >= 15 is 0 Å². The third-order valence-corrected chi connectivity index (χ3v) is 1.81. The Labute approximate surface area is 89.8 Å². The number of ether oxygens (including phenoxy) is 1. The number of nitrogens with zero attached hydrogens (tertiary/aromatic N) is 1. The fraction of sp³-hybridized carbons (Fsp3) is 0.364. The van der Waals surface area contributed by atoms with Gasteiger partial charge in [0.05, 0.1) is 0 Å². The molecule has 0 heterocycles. The van der Waals surface area contributed by atoms with Crippen LogP contribution in [-0.2, 0) is 6.54 Å². The predicted octanol–water partition coefficient (Wildman–Crippen LogP) is 1.47. The van der Waals surface area contributed by atoms with Crippen molar-refractivity contribution in [2.75, 3.05) is 21.1 Å². The zero-order valence-electron chi connectivity index (χ0n) is 9.28. The van der Waals surface area contributed by atoms with Crippen LogP contribution in [0, 0.1) is 0 Å². The molecule has 82 valence electrons. The van der Waals surface area contributed by atoms with Gasteiger partial charge in [-0.05, 0) is 31.8 Å². The van der Waals surface area contributed by atoms with E-state index in [0.29, 0.717) is 5.75 Å². The summed E-state index contributed by atoms with van der Waals surface area (Å²) in [5.41, 5.74) is 1.11. The quantitative estimate of drug-likeness (QED) is 0.817. The van der Waals surface area contributed by atoms with Gasteiger partial charge in [-0.3, -0.25) is 0 Å². The Morgan fingerprint density at radius 2 is 2.20 bits per heavy atom. The molecule has 0 saturated heterocycles. The zero-order chi connectivity index (χ0) is 11.3. The molecule has 4 heteroatoms. The summed E-state index contributed by atoms with van der Waals surface area (Å²) >= 11 is 0. The largest absolute Gasteiger partial charge is 0.412 e. The van der Waals surface area contributed by atoms with Crippen molar-refractivity contribution in [2.45, 2.75) is 6.54 Å². The van der Waals surface area contributed by atoms with Crippen LogP contribution in [0.4, 0.5) is 4.79 Å². The van der Waals surface area contributed by atoms with Gasteiger partial charge >= 0.3 is 6.09 Å². The minimum Gasteiger partial charge on any atom is -0.410 e. The smallest absolute Gasteiger partial charge is 0.410 e. The summed E-state index contributed by atoms with van der Waals surface area (Å²) in [4.78, 5) is 13.0. The van der Waals surface area contributed by atoms with Crippen LogP contribution in [-0.4, -0.2) is 32.1 Å². The van der Waals surface area contributed by atoms with E-state index in [9.17, 15) is 4.79 Å². The van der Waals surface area contributed by atoms with Crippen LogP contribution in [0.1, 0.15) is 5.56 Å². The number of benzene rings is 1. The van der Waals surface area contributed by atoms with Crippen molar-refractivity contribution in [2.24, 2.45) is 0 Å². The normalized spacial score (nSPS) is 10.1. The second-order valence-electron chi connectivity index (χ2n) is 3.52. The summed E-state index contributed by atoms with van der Waals surface area (Å²) in [5, 5.41) is 2.40. The van der Waals surface area contributed by atoms with E-state index in [1.165, 1.54) is 7.05 Å². The van der Waals surface area contributed by atoms with Crippen molar-refractivity contribution in [3.8, 4) is 5.75 Å². The monoisotopic (exact) mass is 208 g/mol. The van der Waals surface area contributed by atoms with E-state index in [1.807, 2.05) is 32.3 Å². The molecule has 0 fully saturated rings. The van der Waals surface area contributed by atoms with Crippen LogP contribution < -0.4 is 10.1 Å². The van der Waals surface area contributed by atoms with E-state index in [-0.39, 0.29) is 0 Å². The van der Waals surface area contributed by atoms with Crippen molar-refractivity contribution in [3.05, 3.63) is 29.8 Å². The molecule has 15 heavy (non-hydrogen) atoms. The standard InChI is InChI=1S/C11H16N2O2/c1-12-11(14)15-10-6-4-5-9(7-10)8-13(2)3/h4-7H,8H2,1-3H3,(H,12,14). The Hall–Kier alpha value is -1.55. The first-order chi connectivity index (χ1) is 7.11. The third-order valence-electron chi connectivity index (χ3n) is 1.81. The first-order valence-corrected chi connectivity index (χ1v) is 4.75. The fourth-order valence-corrected chi connectivity index (χ4v) is 1.23. The number of carbonyl (C=O) groups is 1. The van der Waals surface area contributed by atoms with Crippen LogP contribution in [0.3, 0.4) is 0 Å². The maximum atomic E-state index is 11.0. The van der Waals surface area contributed by atoms with E-state index in [2.05, 4.69) is 10.2 Å². The van der Waals surface area contributed by atoms with Crippen molar-refractivity contribution in [1.29, 1.82) is 0 Å². The maximum Gasteiger partial charge on any atom is 0.412 e. The lowest BCUT2D eigenvalue weighted by molar-refractivity contribution is 0.203. The molecule has 1 aromatic rings. The molecule has 4 nitrogen and oxygen atoms in total. The Balaban J connectivity index is 2.69. The summed E-state index contributed by atoms with van der Waals surface area (Å²) in [6.07, 6.45) is -0.447. The molecule has 1 amide bonds. The van der Waals surface area contributed by atoms with Gasteiger partial charge in [-0.25, -0.2) is 4.79 Å². The molecule has 0 saturated carbocycles. The molecular formula is C11H16N2O2. The van der Waals surface area contributed by atoms with Gasteiger partial charge in [0.15, 0.2) is 0 Å². The average molecular weight is 208 g/mol. The molecule has 1 N–H and O–H groups in total. The van der Waals surface area contributed by atoms with Gasteiger partial charge in [0.25, 0.3) is 0 Å². The van der Waals surface area contributed by atoms with E-state index < -0.39 is 6.09 Å². The molecule has 0 aliphatic heterocycles. The number of hydrogen-bond donors (Lipinski definition) is 1. The van der Waals surface area contributed by atoms with Gasteiger partial charge < -0.3 is 15.0 Å². The summed E-state index contributed by atoms with van der Waals surface area (Å²) in [6, 6.07) is 7.48. The molecule has 0 atom stereocenters. The Kier molecular flexibility index (Phi) is 4.12. The van der Waals surface area contributed by atoms with E-state index in [1.54, 1.807) is 6.07 Å². The summed E-state index contributed by atoms with van der Waals surface area (Å²) in [6.45, 7) is 0.824. The topological polar surface area (TPSA) is 41.6 Å². The molecule has 0 aromatic heterocycles. The predicted molar refractivity (Wildman–Crippen MR) is 58.9 cm³/mol. The second kappa shape index (κ2) is 5.36. The van der Waals surface area contributed by atoms with Crippen LogP contribution >= 0.6 is 0 Å². The first-order valence-electron chi connectivity index (χ1n) is 4.75. The van der Waals surface area contributed by atoms with Crippen molar-refractivity contribution < 1.29 is 9.53 Å². The lowest BCUT2D eigenvalue weighted by atomic mass is 10.2. The molecule has 1 aromatic carbocycles. The molecule has 0 aliphatic rings. The number of nitrogens with one attached hydrogen (secondary N) is 1. The highest BCUT2D eigenvalue weighted by molar-refractivity contribution is 5.69. The number of hydrogen-bond acceptors (Lipinski definition) is 3. The van der Waals surface area contributed by atoms with Crippen molar-refractivity contribution >= 4 is 6.09 Å². The minimum atomic E-state index is -0.447. The molecule has 0 bridgehead atoms. The highest BCUT2D eigenvalue weighted by Crippen LogP contribution is 2.14. The molecular weight excluding hydrogens is 192 g/mol. The van der Waals surface area contributed by atoms with Gasteiger partial charge in [-0.1, -0.05) is 12.1 Å². The molecule has 0 spiro atoms. The Morgan fingerprint density at radius 1 is 1.47 bits per heavy atom. The number of rotatable bonds is 3. The SMILES string of the molecule is CNC(=O)Oc1cccc(CN(C)C)c1. The van der Waals surface area contributed by atoms with Gasteiger partial charge in [0, 0.05) is 13.6 Å². The van der Waals surface area contributed by atoms with Gasteiger partial charge in [-0.2, -0.15) is 0 Å². The van der Waals surface area contributed by atoms with Gasteiger partial charge in [0.2, 0.25) is 0 Å². The van der Waals surface area contributed by atoms with Gasteiger partial charge in [-0.15, -0.1) is 0 Å². The Morgan fingerprint density at radius 3 is 2.80 bits per heavy atom. The number of amides is 1. The van der Waals surface area contributed by atoms with Crippen LogP contribution in [0.25, 0.3) is 0 Å². The minimum absolute atomic E-state index is 0.447. The molecule has 0 unspecified atom stereocenters. The van der Waals surface area contributed by atoms with Crippen LogP contribution in [0.15, 0.2) is 24.3 Å².